The van der Waals surface area contributed by atoms with Crippen LogP contribution in [-0.4, -0.2) is 34.1 Å². The average molecular weight is 455 g/mol. The van der Waals surface area contributed by atoms with Gasteiger partial charge in [-0.25, -0.2) is 0 Å². The maximum Gasteiger partial charge on any atom is 0.239 e. The molecular formula is C26H30O7. The molecule has 0 aliphatic heterocycles. The number of benzene rings is 2. The van der Waals surface area contributed by atoms with Crippen molar-refractivity contribution >= 4 is 11.0 Å². The molecule has 0 aliphatic rings. The normalized spacial score (nSPS) is 12.0. The molecule has 0 saturated heterocycles. The Morgan fingerprint density at radius 1 is 1.12 bits per heavy atom. The van der Waals surface area contributed by atoms with E-state index in [0.29, 0.717) is 36.0 Å². The molecule has 0 saturated carbocycles. The fourth-order valence-electron chi connectivity index (χ4n) is 3.69. The second-order valence-electron chi connectivity index (χ2n) is 8.59. The van der Waals surface area contributed by atoms with Gasteiger partial charge in [-0.2, -0.15) is 0 Å². The van der Waals surface area contributed by atoms with Crippen LogP contribution in [0.2, 0.25) is 0 Å². The van der Waals surface area contributed by atoms with E-state index in [-0.39, 0.29) is 46.5 Å². The molecule has 7 nitrogen and oxygen atoms in total. The minimum absolute atomic E-state index is 0.0164. The fraction of sp³-hybridized carbons (Fsp3) is 0.346. The van der Waals surface area contributed by atoms with Crippen molar-refractivity contribution in [1.82, 2.24) is 0 Å². The van der Waals surface area contributed by atoms with Crippen molar-refractivity contribution in [2.45, 2.75) is 40.0 Å². The zero-order valence-corrected chi connectivity index (χ0v) is 19.3. The minimum Gasteiger partial charge on any atom is -0.508 e. The lowest BCUT2D eigenvalue weighted by Gasteiger charge is -2.16. The number of rotatable bonds is 8. The molecule has 176 valence electrons. The van der Waals surface area contributed by atoms with Gasteiger partial charge in [0.25, 0.3) is 0 Å². The van der Waals surface area contributed by atoms with Gasteiger partial charge in [0, 0.05) is 24.3 Å². The van der Waals surface area contributed by atoms with E-state index in [1.807, 2.05) is 26.8 Å². The summed E-state index contributed by atoms with van der Waals surface area (Å²) in [7, 11) is 1.34. The van der Waals surface area contributed by atoms with Crippen molar-refractivity contribution < 1.29 is 29.6 Å². The van der Waals surface area contributed by atoms with Gasteiger partial charge in [0.15, 0.2) is 5.76 Å². The van der Waals surface area contributed by atoms with Gasteiger partial charge in [0.05, 0.1) is 7.11 Å². The molecule has 1 atom stereocenters. The van der Waals surface area contributed by atoms with E-state index in [2.05, 4.69) is 0 Å². The summed E-state index contributed by atoms with van der Waals surface area (Å²) in [5.74, 6) is -0.371. The van der Waals surface area contributed by atoms with E-state index in [9.17, 15) is 25.2 Å². The summed E-state index contributed by atoms with van der Waals surface area (Å²) in [6.45, 7) is 5.91. The van der Waals surface area contributed by atoms with Crippen LogP contribution in [0.15, 0.2) is 45.1 Å². The first-order valence-electron chi connectivity index (χ1n) is 10.8. The number of methoxy groups -OCH3 is 1. The fourth-order valence-corrected chi connectivity index (χ4v) is 3.69. The number of phenols is 3. The van der Waals surface area contributed by atoms with E-state index in [1.54, 1.807) is 12.1 Å². The van der Waals surface area contributed by atoms with Gasteiger partial charge in [-0.1, -0.05) is 18.6 Å². The minimum atomic E-state index is -0.569. The van der Waals surface area contributed by atoms with Crippen LogP contribution < -0.4 is 10.2 Å². The van der Waals surface area contributed by atoms with E-state index in [1.165, 1.54) is 13.2 Å². The van der Waals surface area contributed by atoms with E-state index >= 15 is 0 Å². The van der Waals surface area contributed by atoms with Crippen LogP contribution in [0.1, 0.15) is 38.3 Å². The average Bonchev–Trinajstić information content (AvgIpc) is 2.76. The summed E-state index contributed by atoms with van der Waals surface area (Å²) in [6, 6.07) is 5.80. The Hall–Kier alpha value is -3.45. The Balaban J connectivity index is 2.26. The predicted octanol–water partition coefficient (Wildman–Crippen LogP) is 4.66. The molecule has 3 rings (SSSR count). The summed E-state index contributed by atoms with van der Waals surface area (Å²) in [5.41, 5.74) is 2.38. The van der Waals surface area contributed by atoms with Crippen LogP contribution in [0, 0.1) is 5.92 Å². The molecule has 0 radical (unpaired) electrons. The molecule has 1 aromatic heterocycles. The number of aryl methyl sites for hydroxylation is 1. The van der Waals surface area contributed by atoms with Crippen molar-refractivity contribution in [3.63, 3.8) is 0 Å². The molecule has 33 heavy (non-hydrogen) atoms. The number of aromatic hydroxyl groups is 3. The Kier molecular flexibility index (Phi) is 7.33. The predicted molar refractivity (Wildman–Crippen MR) is 127 cm³/mol. The van der Waals surface area contributed by atoms with Crippen molar-refractivity contribution in [2.75, 3.05) is 13.7 Å². The van der Waals surface area contributed by atoms with Crippen LogP contribution in [0.25, 0.3) is 22.3 Å². The van der Waals surface area contributed by atoms with Crippen LogP contribution in [0.4, 0.5) is 0 Å². The third kappa shape index (κ3) is 5.14. The molecule has 0 spiro atoms. The molecule has 4 N–H and O–H groups in total. The summed E-state index contributed by atoms with van der Waals surface area (Å²) >= 11 is 0. The van der Waals surface area contributed by atoms with Crippen LogP contribution in [0.3, 0.4) is 0 Å². The SMILES string of the molecule is COc1c(-c2cc(CC=C(C)C)c(O)c(CCC(C)CO)c2)oc2cc(O)cc(O)c2c1=O. The van der Waals surface area contributed by atoms with Gasteiger partial charge in [-0.05, 0) is 62.3 Å². The highest BCUT2D eigenvalue weighted by atomic mass is 16.5. The van der Waals surface area contributed by atoms with E-state index in [4.69, 9.17) is 9.15 Å². The maximum atomic E-state index is 13.1. The van der Waals surface area contributed by atoms with Gasteiger partial charge in [-0.3, -0.25) is 4.79 Å². The topological polar surface area (TPSA) is 120 Å². The summed E-state index contributed by atoms with van der Waals surface area (Å²) in [4.78, 5) is 13.1. The first-order valence-corrected chi connectivity index (χ1v) is 10.8. The third-order valence-electron chi connectivity index (χ3n) is 5.60. The number of aliphatic hydroxyl groups is 1. The van der Waals surface area contributed by atoms with Gasteiger partial charge in [-0.15, -0.1) is 0 Å². The molecule has 3 aromatic rings. The van der Waals surface area contributed by atoms with Crippen molar-refractivity contribution in [3.05, 3.63) is 57.3 Å². The number of hydrogen-bond acceptors (Lipinski definition) is 7. The van der Waals surface area contributed by atoms with Gasteiger partial charge < -0.3 is 29.6 Å². The highest BCUT2D eigenvalue weighted by Crippen LogP contribution is 2.38. The third-order valence-corrected chi connectivity index (χ3v) is 5.60. The largest absolute Gasteiger partial charge is 0.508 e. The first kappa shape index (κ1) is 24.2. The van der Waals surface area contributed by atoms with Crippen LogP contribution in [0.5, 0.6) is 23.0 Å². The van der Waals surface area contributed by atoms with Crippen LogP contribution >= 0.6 is 0 Å². The van der Waals surface area contributed by atoms with Crippen molar-refractivity contribution in [1.29, 1.82) is 0 Å². The number of phenolic OH excluding ortho intramolecular Hbond substituents is 3. The highest BCUT2D eigenvalue weighted by molar-refractivity contribution is 5.88. The number of allylic oxidation sites excluding steroid dienone is 2. The summed E-state index contributed by atoms with van der Waals surface area (Å²) in [5, 5.41) is 40.2. The molecule has 0 amide bonds. The number of ether oxygens (including phenoxy) is 1. The smallest absolute Gasteiger partial charge is 0.239 e. The Bertz CT molecular complexity index is 1250. The molecule has 7 heteroatoms. The lowest BCUT2D eigenvalue weighted by Crippen LogP contribution is -2.08. The van der Waals surface area contributed by atoms with Gasteiger partial charge in [0.1, 0.15) is 28.2 Å². The van der Waals surface area contributed by atoms with Crippen LogP contribution in [-0.2, 0) is 12.8 Å². The van der Waals surface area contributed by atoms with Gasteiger partial charge >= 0.3 is 0 Å². The number of fused-ring (bicyclic) bond motifs is 1. The maximum absolute atomic E-state index is 13.1. The monoisotopic (exact) mass is 454 g/mol. The Morgan fingerprint density at radius 3 is 2.45 bits per heavy atom. The Morgan fingerprint density at radius 2 is 1.82 bits per heavy atom. The summed E-state index contributed by atoms with van der Waals surface area (Å²) < 4.78 is 11.3. The second kappa shape index (κ2) is 10.0. The molecule has 1 unspecified atom stereocenters. The van der Waals surface area contributed by atoms with Crippen molar-refractivity contribution in [2.24, 2.45) is 5.92 Å². The summed E-state index contributed by atoms with van der Waals surface area (Å²) in [6.07, 6.45) is 3.65. The van der Waals surface area contributed by atoms with Gasteiger partial charge in [0.2, 0.25) is 11.2 Å². The lowest BCUT2D eigenvalue weighted by atomic mass is 9.94. The zero-order valence-electron chi connectivity index (χ0n) is 19.3. The molecule has 0 aliphatic carbocycles. The van der Waals surface area contributed by atoms with Crippen molar-refractivity contribution in [3.8, 4) is 34.3 Å². The molecule has 2 aromatic carbocycles. The molecule has 0 fully saturated rings. The molecular weight excluding hydrogens is 424 g/mol. The highest BCUT2D eigenvalue weighted by Gasteiger charge is 2.22. The van der Waals surface area contributed by atoms with E-state index in [0.717, 1.165) is 11.6 Å². The standard InChI is InChI=1S/C26H30O7/c1-14(2)5-7-16-9-18(10-17(23(16)30)8-6-15(3)13-27)25-26(32-4)24(31)22-20(29)11-19(28)12-21(22)33-25/h5,9-12,15,27-30H,6-8,13H2,1-4H3. The zero-order chi connectivity index (χ0) is 24.3. The Labute approximate surface area is 192 Å². The number of aliphatic hydroxyl groups excluding tert-OH is 1. The molecule has 0 bridgehead atoms. The number of hydrogen-bond donors (Lipinski definition) is 4. The second-order valence-corrected chi connectivity index (χ2v) is 8.59. The first-order chi connectivity index (χ1) is 15.7. The quantitative estimate of drug-likeness (QED) is 0.366. The van der Waals surface area contributed by atoms with E-state index < -0.39 is 11.2 Å². The lowest BCUT2D eigenvalue weighted by molar-refractivity contribution is 0.230. The molecule has 1 heterocycles.